The van der Waals surface area contributed by atoms with Gasteiger partial charge in [-0.3, -0.25) is 4.79 Å². The highest BCUT2D eigenvalue weighted by molar-refractivity contribution is 9.08. The standard InChI is InChI=1S/C15H12BrN3O/c16-9-11-5-1-2-6-13(11)18-15(20)12-10-17-19-8-4-3-7-14(12)19/h1-8,10H,9H2,(H,18,20). The van der Waals surface area contributed by atoms with E-state index in [0.29, 0.717) is 10.9 Å². The molecule has 1 N–H and O–H groups in total. The Labute approximate surface area is 124 Å². The predicted octanol–water partition coefficient (Wildman–Crippen LogP) is 3.48. The van der Waals surface area contributed by atoms with Crippen LogP contribution in [0, 0.1) is 0 Å². The lowest BCUT2D eigenvalue weighted by molar-refractivity contribution is 0.102. The SMILES string of the molecule is O=C(Nc1ccccc1CBr)c1cnn2ccccc12. The third-order valence-electron chi connectivity index (χ3n) is 3.08. The van der Waals surface area contributed by atoms with Gasteiger partial charge in [0.2, 0.25) is 0 Å². The van der Waals surface area contributed by atoms with Gasteiger partial charge in [0.1, 0.15) is 0 Å². The minimum absolute atomic E-state index is 0.153. The van der Waals surface area contributed by atoms with Gasteiger partial charge in [0.15, 0.2) is 0 Å². The maximum Gasteiger partial charge on any atom is 0.259 e. The van der Waals surface area contributed by atoms with Crippen LogP contribution in [0.2, 0.25) is 0 Å². The van der Waals surface area contributed by atoms with Crippen LogP contribution in [0.25, 0.3) is 5.52 Å². The van der Waals surface area contributed by atoms with Crippen LogP contribution in [0.4, 0.5) is 5.69 Å². The van der Waals surface area contributed by atoms with Gasteiger partial charge < -0.3 is 5.32 Å². The summed E-state index contributed by atoms with van der Waals surface area (Å²) in [6.45, 7) is 0. The van der Waals surface area contributed by atoms with E-state index in [4.69, 9.17) is 0 Å². The number of alkyl halides is 1. The average molecular weight is 330 g/mol. The summed E-state index contributed by atoms with van der Waals surface area (Å²) in [5.74, 6) is -0.153. The van der Waals surface area contributed by atoms with Gasteiger partial charge in [-0.1, -0.05) is 40.2 Å². The highest BCUT2D eigenvalue weighted by atomic mass is 79.9. The van der Waals surface area contributed by atoms with E-state index in [1.807, 2.05) is 48.7 Å². The molecular weight excluding hydrogens is 318 g/mol. The monoisotopic (exact) mass is 329 g/mol. The van der Waals surface area contributed by atoms with E-state index in [1.165, 1.54) is 0 Å². The van der Waals surface area contributed by atoms with Crippen molar-refractivity contribution in [1.82, 2.24) is 9.61 Å². The van der Waals surface area contributed by atoms with Crippen LogP contribution in [0.5, 0.6) is 0 Å². The Kier molecular flexibility index (Phi) is 3.52. The lowest BCUT2D eigenvalue weighted by Crippen LogP contribution is -2.12. The number of carbonyl (C=O) groups excluding carboxylic acids is 1. The second-order valence-electron chi connectivity index (χ2n) is 4.33. The molecule has 2 aromatic heterocycles. The van der Waals surface area contributed by atoms with Crippen LogP contribution in [0.3, 0.4) is 0 Å². The largest absolute Gasteiger partial charge is 0.322 e. The van der Waals surface area contributed by atoms with E-state index in [1.54, 1.807) is 10.7 Å². The van der Waals surface area contributed by atoms with Gasteiger partial charge in [-0.2, -0.15) is 5.10 Å². The molecule has 0 unspecified atom stereocenters. The molecule has 0 aliphatic carbocycles. The summed E-state index contributed by atoms with van der Waals surface area (Å²) < 4.78 is 1.69. The van der Waals surface area contributed by atoms with E-state index < -0.39 is 0 Å². The van der Waals surface area contributed by atoms with Crippen LogP contribution in [-0.2, 0) is 5.33 Å². The van der Waals surface area contributed by atoms with Crippen molar-refractivity contribution in [2.45, 2.75) is 5.33 Å². The fraction of sp³-hybridized carbons (Fsp3) is 0.0667. The lowest BCUT2D eigenvalue weighted by atomic mass is 10.2. The van der Waals surface area contributed by atoms with Crippen molar-refractivity contribution >= 4 is 33.0 Å². The number of pyridine rings is 1. The van der Waals surface area contributed by atoms with Gasteiger partial charge >= 0.3 is 0 Å². The maximum absolute atomic E-state index is 12.4. The van der Waals surface area contributed by atoms with Crippen molar-refractivity contribution in [3.8, 4) is 0 Å². The number of benzene rings is 1. The van der Waals surface area contributed by atoms with Gasteiger partial charge in [-0.15, -0.1) is 0 Å². The van der Waals surface area contributed by atoms with Crippen LogP contribution >= 0.6 is 15.9 Å². The molecule has 0 bridgehead atoms. The van der Waals surface area contributed by atoms with Crippen LogP contribution in [-0.4, -0.2) is 15.5 Å². The van der Waals surface area contributed by atoms with Crippen molar-refractivity contribution in [1.29, 1.82) is 0 Å². The molecule has 2 heterocycles. The Morgan fingerprint density at radius 2 is 2.00 bits per heavy atom. The van der Waals surface area contributed by atoms with Crippen molar-refractivity contribution in [3.63, 3.8) is 0 Å². The maximum atomic E-state index is 12.4. The van der Waals surface area contributed by atoms with Gasteiger partial charge in [0.25, 0.3) is 5.91 Å². The Morgan fingerprint density at radius 3 is 2.85 bits per heavy atom. The molecule has 0 saturated heterocycles. The van der Waals surface area contributed by atoms with Gasteiger partial charge in [-0.05, 0) is 23.8 Å². The fourth-order valence-corrected chi connectivity index (χ4v) is 2.55. The molecular formula is C15H12BrN3O. The number of anilines is 1. The quantitative estimate of drug-likeness (QED) is 0.748. The Balaban J connectivity index is 1.93. The number of rotatable bonds is 3. The van der Waals surface area contributed by atoms with E-state index >= 15 is 0 Å². The number of fused-ring (bicyclic) bond motifs is 1. The Morgan fingerprint density at radius 1 is 1.20 bits per heavy atom. The first kappa shape index (κ1) is 12.9. The van der Waals surface area contributed by atoms with E-state index in [2.05, 4.69) is 26.3 Å². The van der Waals surface area contributed by atoms with Crippen molar-refractivity contribution in [2.24, 2.45) is 0 Å². The number of aromatic nitrogens is 2. The summed E-state index contributed by atoms with van der Waals surface area (Å²) in [6.07, 6.45) is 3.40. The molecule has 1 amide bonds. The molecule has 0 radical (unpaired) electrons. The number of nitrogens with zero attached hydrogens (tertiary/aromatic N) is 2. The first-order valence-electron chi connectivity index (χ1n) is 6.17. The highest BCUT2D eigenvalue weighted by Crippen LogP contribution is 2.19. The zero-order chi connectivity index (χ0) is 13.9. The van der Waals surface area contributed by atoms with Crippen LogP contribution < -0.4 is 5.32 Å². The van der Waals surface area contributed by atoms with Crippen molar-refractivity contribution in [2.75, 3.05) is 5.32 Å². The summed E-state index contributed by atoms with van der Waals surface area (Å²) in [7, 11) is 0. The fourth-order valence-electron chi connectivity index (χ4n) is 2.06. The summed E-state index contributed by atoms with van der Waals surface area (Å²) >= 11 is 3.42. The molecule has 0 atom stereocenters. The molecule has 0 fully saturated rings. The van der Waals surface area contributed by atoms with Gasteiger partial charge in [0.05, 0.1) is 17.3 Å². The summed E-state index contributed by atoms with van der Waals surface area (Å²) in [5, 5.41) is 7.80. The number of amides is 1. The van der Waals surface area contributed by atoms with Crippen LogP contribution in [0.15, 0.2) is 54.9 Å². The Hall–Kier alpha value is -2.14. The average Bonchev–Trinajstić information content (AvgIpc) is 2.92. The third kappa shape index (κ3) is 2.32. The molecule has 0 saturated carbocycles. The minimum Gasteiger partial charge on any atom is -0.322 e. The van der Waals surface area contributed by atoms with Gasteiger partial charge in [0, 0.05) is 17.2 Å². The zero-order valence-electron chi connectivity index (χ0n) is 10.6. The second-order valence-corrected chi connectivity index (χ2v) is 4.89. The summed E-state index contributed by atoms with van der Waals surface area (Å²) in [4.78, 5) is 12.4. The lowest BCUT2D eigenvalue weighted by Gasteiger charge is -2.08. The number of hydrogen-bond acceptors (Lipinski definition) is 2. The molecule has 0 aliphatic heterocycles. The number of hydrogen-bond donors (Lipinski definition) is 1. The Bertz CT molecular complexity index is 766. The van der Waals surface area contributed by atoms with E-state index in [-0.39, 0.29) is 5.91 Å². The first-order valence-corrected chi connectivity index (χ1v) is 7.29. The molecule has 0 spiro atoms. The molecule has 5 heteroatoms. The molecule has 100 valence electrons. The normalized spacial score (nSPS) is 10.7. The van der Waals surface area contributed by atoms with Crippen LogP contribution in [0.1, 0.15) is 15.9 Å². The number of nitrogens with one attached hydrogen (secondary N) is 1. The third-order valence-corrected chi connectivity index (χ3v) is 3.68. The number of carbonyl (C=O) groups is 1. The smallest absolute Gasteiger partial charge is 0.259 e. The van der Waals surface area contributed by atoms with E-state index in [9.17, 15) is 4.79 Å². The highest BCUT2D eigenvalue weighted by Gasteiger charge is 2.13. The first-order chi connectivity index (χ1) is 9.79. The van der Waals surface area contributed by atoms with Crippen molar-refractivity contribution < 1.29 is 4.79 Å². The summed E-state index contributed by atoms with van der Waals surface area (Å²) in [6, 6.07) is 13.3. The number of para-hydroxylation sites is 1. The molecule has 4 nitrogen and oxygen atoms in total. The molecule has 3 aromatic rings. The predicted molar refractivity (Wildman–Crippen MR) is 82.2 cm³/mol. The topological polar surface area (TPSA) is 46.4 Å². The minimum atomic E-state index is -0.153. The van der Waals surface area contributed by atoms with E-state index in [0.717, 1.165) is 16.8 Å². The summed E-state index contributed by atoms with van der Waals surface area (Å²) in [5.41, 5.74) is 3.21. The van der Waals surface area contributed by atoms with Crippen molar-refractivity contribution in [3.05, 3.63) is 66.0 Å². The number of halogens is 1. The molecule has 20 heavy (non-hydrogen) atoms. The molecule has 3 rings (SSSR count). The molecule has 0 aliphatic rings. The molecule has 1 aromatic carbocycles. The zero-order valence-corrected chi connectivity index (χ0v) is 12.2. The second kappa shape index (κ2) is 5.46. The van der Waals surface area contributed by atoms with Gasteiger partial charge in [-0.25, -0.2) is 4.52 Å².